The molecule has 2 aromatic carbocycles. The molecule has 9 heteroatoms. The van der Waals surface area contributed by atoms with Crippen LogP contribution in [0.3, 0.4) is 0 Å². The minimum Gasteiger partial charge on any atom is -0.324 e. The van der Waals surface area contributed by atoms with E-state index in [1.54, 1.807) is 18.2 Å². The van der Waals surface area contributed by atoms with Gasteiger partial charge in [0, 0.05) is 17.1 Å². The fourth-order valence-electron chi connectivity index (χ4n) is 2.55. The molecule has 0 saturated carbocycles. The zero-order valence-corrected chi connectivity index (χ0v) is 18.0. The molecule has 0 atom stereocenters. The molecule has 0 fully saturated rings. The van der Waals surface area contributed by atoms with Crippen LogP contribution in [0, 0.1) is 0 Å². The number of hydrogen-bond donors (Lipinski definition) is 1. The Morgan fingerprint density at radius 2 is 1.86 bits per heavy atom. The highest BCUT2D eigenvalue weighted by atomic mass is 35.5. The lowest BCUT2D eigenvalue weighted by Crippen LogP contribution is -2.15. The lowest BCUT2D eigenvalue weighted by molar-refractivity contribution is -0.113. The van der Waals surface area contributed by atoms with E-state index in [-0.39, 0.29) is 11.7 Å². The third-order valence-electron chi connectivity index (χ3n) is 3.82. The minimum atomic E-state index is -0.201. The molecule has 0 aliphatic rings. The van der Waals surface area contributed by atoms with Gasteiger partial charge < -0.3 is 9.88 Å². The number of benzene rings is 2. The van der Waals surface area contributed by atoms with Crippen molar-refractivity contribution in [1.82, 2.24) is 14.8 Å². The van der Waals surface area contributed by atoms with Gasteiger partial charge in [0.05, 0.1) is 21.5 Å². The van der Waals surface area contributed by atoms with Crippen molar-refractivity contribution in [3.63, 3.8) is 0 Å². The van der Waals surface area contributed by atoms with Crippen LogP contribution in [-0.2, 0) is 11.3 Å². The summed E-state index contributed by atoms with van der Waals surface area (Å²) in [5.41, 5.74) is 1.41. The molecule has 1 amide bonds. The second kappa shape index (κ2) is 9.65. The van der Waals surface area contributed by atoms with E-state index < -0.39 is 0 Å². The summed E-state index contributed by atoms with van der Waals surface area (Å²) in [6, 6.07) is 12.5. The summed E-state index contributed by atoms with van der Waals surface area (Å²) in [7, 11) is 0. The van der Waals surface area contributed by atoms with Crippen molar-refractivity contribution in [2.75, 3.05) is 11.1 Å². The van der Waals surface area contributed by atoms with Crippen LogP contribution in [0.1, 0.15) is 13.3 Å². The summed E-state index contributed by atoms with van der Waals surface area (Å²) >= 11 is 19.4. The van der Waals surface area contributed by atoms with Gasteiger partial charge in [0.1, 0.15) is 0 Å². The van der Waals surface area contributed by atoms with Crippen molar-refractivity contribution in [2.24, 2.45) is 0 Å². The van der Waals surface area contributed by atoms with Crippen molar-refractivity contribution in [2.45, 2.75) is 25.0 Å². The molecule has 146 valence electrons. The highest BCUT2D eigenvalue weighted by Crippen LogP contribution is 2.30. The Balaban J connectivity index is 1.72. The summed E-state index contributed by atoms with van der Waals surface area (Å²) in [4.78, 5) is 12.3. The van der Waals surface area contributed by atoms with Gasteiger partial charge in [-0.3, -0.25) is 4.79 Å². The first-order valence-corrected chi connectivity index (χ1v) is 10.7. The molecule has 0 aliphatic heterocycles. The average molecular weight is 456 g/mol. The number of halogens is 3. The highest BCUT2D eigenvalue weighted by molar-refractivity contribution is 7.99. The van der Waals surface area contributed by atoms with Crippen molar-refractivity contribution in [1.29, 1.82) is 0 Å². The third-order valence-corrected chi connectivity index (χ3v) is 5.86. The largest absolute Gasteiger partial charge is 0.324 e. The highest BCUT2D eigenvalue weighted by Gasteiger charge is 2.16. The van der Waals surface area contributed by atoms with Gasteiger partial charge in [0.25, 0.3) is 0 Å². The number of carbonyl (C=O) groups excluding carboxylic acids is 1. The molecule has 0 radical (unpaired) electrons. The molecule has 0 unspecified atom stereocenters. The van der Waals surface area contributed by atoms with Crippen LogP contribution < -0.4 is 5.32 Å². The Hall–Kier alpha value is -1.73. The van der Waals surface area contributed by atoms with E-state index in [2.05, 4.69) is 22.4 Å². The maximum absolute atomic E-state index is 12.3. The van der Waals surface area contributed by atoms with Gasteiger partial charge in [-0.05, 0) is 42.8 Å². The molecule has 1 heterocycles. The van der Waals surface area contributed by atoms with Gasteiger partial charge in [-0.15, -0.1) is 10.2 Å². The first-order chi connectivity index (χ1) is 13.5. The van der Waals surface area contributed by atoms with Gasteiger partial charge in [0.2, 0.25) is 5.91 Å². The Morgan fingerprint density at radius 1 is 1.11 bits per heavy atom. The summed E-state index contributed by atoms with van der Waals surface area (Å²) in [6.07, 6.45) is 0.913. The van der Waals surface area contributed by atoms with E-state index in [0.717, 1.165) is 24.4 Å². The molecule has 3 rings (SSSR count). The molecule has 0 aliphatic carbocycles. The number of amides is 1. The molecular weight excluding hydrogens is 439 g/mol. The van der Waals surface area contributed by atoms with E-state index in [9.17, 15) is 4.79 Å². The zero-order chi connectivity index (χ0) is 20.1. The molecule has 0 bridgehead atoms. The quantitative estimate of drug-likeness (QED) is 0.441. The Morgan fingerprint density at radius 3 is 2.57 bits per heavy atom. The average Bonchev–Trinajstić information content (AvgIpc) is 3.07. The van der Waals surface area contributed by atoms with Gasteiger partial charge in [-0.1, -0.05) is 59.6 Å². The van der Waals surface area contributed by atoms with E-state index in [1.807, 2.05) is 28.8 Å². The predicted octanol–water partition coefficient (Wildman–Crippen LogP) is 6.05. The van der Waals surface area contributed by atoms with Crippen LogP contribution in [0.4, 0.5) is 5.69 Å². The molecule has 0 spiro atoms. The number of thioether (sulfide) groups is 1. The van der Waals surface area contributed by atoms with Gasteiger partial charge >= 0.3 is 0 Å². The maximum atomic E-state index is 12.3. The van der Waals surface area contributed by atoms with Crippen LogP contribution in [0.5, 0.6) is 0 Å². The summed E-state index contributed by atoms with van der Waals surface area (Å²) in [5.74, 6) is 0.721. The molecule has 3 aromatic rings. The molecule has 5 nitrogen and oxygen atoms in total. The molecular formula is C19H17Cl3N4OS. The first-order valence-electron chi connectivity index (χ1n) is 8.55. The van der Waals surface area contributed by atoms with Crippen LogP contribution in [0.15, 0.2) is 47.6 Å². The number of nitrogens with one attached hydrogen (secondary N) is 1. The number of carbonyl (C=O) groups is 1. The van der Waals surface area contributed by atoms with Crippen LogP contribution in [0.25, 0.3) is 11.4 Å². The topological polar surface area (TPSA) is 59.8 Å². The monoisotopic (exact) mass is 454 g/mol. The van der Waals surface area contributed by atoms with Crippen LogP contribution >= 0.6 is 46.6 Å². The second-order valence-electron chi connectivity index (χ2n) is 5.90. The van der Waals surface area contributed by atoms with Crippen molar-refractivity contribution < 1.29 is 4.79 Å². The number of nitrogens with zero attached hydrogens (tertiary/aromatic N) is 3. The number of rotatable bonds is 7. The lowest BCUT2D eigenvalue weighted by atomic mass is 10.2. The predicted molar refractivity (Wildman–Crippen MR) is 117 cm³/mol. The molecule has 0 saturated heterocycles. The fourth-order valence-corrected chi connectivity index (χ4v) is 3.79. The number of hydrogen-bond acceptors (Lipinski definition) is 4. The smallest absolute Gasteiger partial charge is 0.234 e. The van der Waals surface area contributed by atoms with Gasteiger partial charge in [-0.2, -0.15) is 0 Å². The Kier molecular flexibility index (Phi) is 7.24. The molecule has 28 heavy (non-hydrogen) atoms. The van der Waals surface area contributed by atoms with E-state index >= 15 is 0 Å². The van der Waals surface area contributed by atoms with Crippen LogP contribution in [0.2, 0.25) is 15.1 Å². The third kappa shape index (κ3) is 5.00. The maximum Gasteiger partial charge on any atom is 0.234 e. The lowest BCUT2D eigenvalue weighted by Gasteiger charge is -2.10. The minimum absolute atomic E-state index is 0.172. The van der Waals surface area contributed by atoms with Gasteiger partial charge in [-0.25, -0.2) is 0 Å². The second-order valence-corrected chi connectivity index (χ2v) is 8.07. The summed E-state index contributed by atoms with van der Waals surface area (Å²) < 4.78 is 2.01. The fraction of sp³-hybridized carbons (Fsp3) is 0.211. The SMILES string of the molecule is CCCn1c(SCC(=O)Nc2cccc(Cl)c2Cl)nnc1-c1ccc(Cl)cc1. The van der Waals surface area contributed by atoms with Gasteiger partial charge in [0.15, 0.2) is 11.0 Å². The van der Waals surface area contributed by atoms with Crippen molar-refractivity contribution in [3.8, 4) is 11.4 Å². The van der Waals surface area contributed by atoms with Crippen molar-refractivity contribution in [3.05, 3.63) is 57.5 Å². The summed E-state index contributed by atoms with van der Waals surface area (Å²) in [6.45, 7) is 2.82. The van der Waals surface area contributed by atoms with Crippen molar-refractivity contribution >= 4 is 58.2 Å². The zero-order valence-electron chi connectivity index (χ0n) is 15.0. The number of aromatic nitrogens is 3. The normalized spacial score (nSPS) is 10.9. The standard InChI is InChI=1S/C19H17Cl3N4OS/c1-2-10-26-18(12-6-8-13(20)9-7-12)24-25-19(26)28-11-16(27)23-15-5-3-4-14(21)17(15)22/h3-9H,2,10-11H2,1H3,(H,23,27). The molecule has 1 aromatic heterocycles. The van der Waals surface area contributed by atoms with E-state index in [1.165, 1.54) is 11.8 Å². The first kappa shape index (κ1) is 21.0. The van der Waals surface area contributed by atoms with E-state index in [4.69, 9.17) is 34.8 Å². The number of anilines is 1. The molecule has 1 N–H and O–H groups in total. The summed E-state index contributed by atoms with van der Waals surface area (Å²) in [5, 5.41) is 13.4. The Bertz CT molecular complexity index is 976. The Labute approximate surface area is 182 Å². The van der Waals surface area contributed by atoms with E-state index in [0.29, 0.717) is 25.9 Å². The van der Waals surface area contributed by atoms with Crippen LogP contribution in [-0.4, -0.2) is 26.4 Å².